The summed E-state index contributed by atoms with van der Waals surface area (Å²) in [6.07, 6.45) is 10.1. The van der Waals surface area contributed by atoms with Crippen LogP contribution in [-0.2, 0) is 16.0 Å². The number of benzene rings is 1. The SMILES string of the molecule is O=C1CC2=CCCc3c4c(ccc3=C2CO1)=CC=CO4. The summed E-state index contributed by atoms with van der Waals surface area (Å²) in [4.78, 5) is 11.5. The molecule has 20 heavy (non-hydrogen) atoms. The first-order chi connectivity index (χ1) is 9.83. The van der Waals surface area contributed by atoms with Gasteiger partial charge in [-0.25, -0.2) is 0 Å². The van der Waals surface area contributed by atoms with Crippen LogP contribution in [0.1, 0.15) is 18.4 Å². The van der Waals surface area contributed by atoms with Crippen LogP contribution in [0.15, 0.2) is 36.1 Å². The summed E-state index contributed by atoms with van der Waals surface area (Å²) in [5.41, 5.74) is 3.48. The zero-order valence-corrected chi connectivity index (χ0v) is 11.0. The van der Waals surface area contributed by atoms with E-state index in [1.54, 1.807) is 6.26 Å². The minimum atomic E-state index is -0.131. The van der Waals surface area contributed by atoms with E-state index in [9.17, 15) is 4.79 Å². The molecule has 0 amide bonds. The standard InChI is InChI=1S/C17H14O3/c18-16-9-12-3-1-5-14-13(15(12)10-20-16)7-6-11-4-2-8-19-17(11)14/h2-4,6-8H,1,5,9-10H2. The van der Waals surface area contributed by atoms with Gasteiger partial charge in [0, 0.05) is 16.4 Å². The van der Waals surface area contributed by atoms with Crippen molar-refractivity contribution >= 4 is 17.6 Å². The van der Waals surface area contributed by atoms with Crippen molar-refractivity contribution in [2.24, 2.45) is 0 Å². The highest BCUT2D eigenvalue weighted by Gasteiger charge is 2.23. The summed E-state index contributed by atoms with van der Waals surface area (Å²) in [5.74, 6) is 0.818. The van der Waals surface area contributed by atoms with Gasteiger partial charge in [0.05, 0.1) is 12.7 Å². The molecule has 3 heteroatoms. The zero-order chi connectivity index (χ0) is 13.5. The van der Waals surface area contributed by atoms with Crippen molar-refractivity contribution in [3.05, 3.63) is 52.1 Å². The molecule has 3 nitrogen and oxygen atoms in total. The molecular weight excluding hydrogens is 252 g/mol. The average molecular weight is 266 g/mol. The highest BCUT2D eigenvalue weighted by molar-refractivity contribution is 5.84. The number of esters is 1. The van der Waals surface area contributed by atoms with Gasteiger partial charge in [0.15, 0.2) is 0 Å². The van der Waals surface area contributed by atoms with Crippen LogP contribution in [0.2, 0.25) is 0 Å². The second kappa shape index (κ2) is 4.37. The Morgan fingerprint density at radius 3 is 3.10 bits per heavy atom. The van der Waals surface area contributed by atoms with Gasteiger partial charge in [0.25, 0.3) is 0 Å². The van der Waals surface area contributed by atoms with Crippen molar-refractivity contribution in [2.45, 2.75) is 19.3 Å². The van der Waals surface area contributed by atoms with Crippen molar-refractivity contribution in [3.63, 3.8) is 0 Å². The van der Waals surface area contributed by atoms with Crippen molar-refractivity contribution in [3.8, 4) is 5.75 Å². The van der Waals surface area contributed by atoms with Crippen LogP contribution in [0, 0.1) is 0 Å². The van der Waals surface area contributed by atoms with Gasteiger partial charge < -0.3 is 9.47 Å². The van der Waals surface area contributed by atoms with Crippen molar-refractivity contribution in [1.29, 1.82) is 0 Å². The quantitative estimate of drug-likeness (QED) is 0.665. The zero-order valence-electron chi connectivity index (χ0n) is 11.0. The molecule has 1 aromatic carbocycles. The Labute approximate surface area is 116 Å². The highest BCUT2D eigenvalue weighted by atomic mass is 16.5. The molecule has 0 bridgehead atoms. The molecule has 0 N–H and O–H groups in total. The number of allylic oxidation sites excluding steroid dienone is 2. The van der Waals surface area contributed by atoms with Crippen LogP contribution in [-0.4, -0.2) is 12.6 Å². The molecule has 100 valence electrons. The summed E-state index contributed by atoms with van der Waals surface area (Å²) in [5, 5.41) is 2.28. The van der Waals surface area contributed by atoms with Crippen molar-refractivity contribution in [1.82, 2.24) is 0 Å². The van der Waals surface area contributed by atoms with Crippen LogP contribution in [0.5, 0.6) is 5.75 Å². The lowest BCUT2D eigenvalue weighted by Gasteiger charge is -2.19. The van der Waals surface area contributed by atoms with E-state index >= 15 is 0 Å². The first kappa shape index (κ1) is 11.5. The summed E-state index contributed by atoms with van der Waals surface area (Å²) < 4.78 is 10.9. The van der Waals surface area contributed by atoms with Crippen LogP contribution in [0.25, 0.3) is 11.6 Å². The van der Waals surface area contributed by atoms with E-state index in [1.165, 1.54) is 10.8 Å². The lowest BCUT2D eigenvalue weighted by Crippen LogP contribution is -2.26. The molecule has 1 fully saturated rings. The smallest absolute Gasteiger partial charge is 0.310 e. The molecule has 0 aromatic heterocycles. The first-order valence-corrected chi connectivity index (χ1v) is 6.86. The topological polar surface area (TPSA) is 35.5 Å². The first-order valence-electron chi connectivity index (χ1n) is 6.86. The maximum atomic E-state index is 11.5. The van der Waals surface area contributed by atoms with Gasteiger partial charge in [0.2, 0.25) is 0 Å². The fourth-order valence-electron chi connectivity index (χ4n) is 3.09. The maximum Gasteiger partial charge on any atom is 0.310 e. The lowest BCUT2D eigenvalue weighted by molar-refractivity contribution is -0.142. The number of carbonyl (C=O) groups is 1. The van der Waals surface area contributed by atoms with Crippen LogP contribution < -0.4 is 15.2 Å². The van der Waals surface area contributed by atoms with Gasteiger partial charge >= 0.3 is 5.97 Å². The number of cyclic esters (lactones) is 1. The van der Waals surface area contributed by atoms with Crippen molar-refractivity contribution < 1.29 is 14.3 Å². The Bertz CT molecular complexity index is 781. The van der Waals surface area contributed by atoms with Crippen molar-refractivity contribution in [2.75, 3.05) is 6.61 Å². The molecule has 3 aliphatic rings. The number of fused-ring (bicyclic) bond motifs is 4. The number of hydrogen-bond donors (Lipinski definition) is 0. The Balaban J connectivity index is 2.01. The third-order valence-corrected chi connectivity index (χ3v) is 4.04. The third kappa shape index (κ3) is 1.70. The van der Waals surface area contributed by atoms with Gasteiger partial charge in [0.1, 0.15) is 12.4 Å². The summed E-state index contributed by atoms with van der Waals surface area (Å²) >= 11 is 0. The molecule has 0 atom stereocenters. The maximum absolute atomic E-state index is 11.5. The largest absolute Gasteiger partial charge is 0.464 e. The van der Waals surface area contributed by atoms with Crippen LogP contribution in [0.4, 0.5) is 0 Å². The molecular formula is C17H14O3. The van der Waals surface area contributed by atoms with E-state index in [1.807, 2.05) is 6.08 Å². The molecule has 4 rings (SSSR count). The molecule has 0 spiro atoms. The summed E-state index contributed by atoms with van der Waals surface area (Å²) in [6, 6.07) is 4.20. The van der Waals surface area contributed by atoms with E-state index in [2.05, 4.69) is 24.3 Å². The Morgan fingerprint density at radius 1 is 1.20 bits per heavy atom. The minimum Gasteiger partial charge on any atom is -0.464 e. The van der Waals surface area contributed by atoms with Gasteiger partial charge in [-0.1, -0.05) is 18.2 Å². The Morgan fingerprint density at radius 2 is 2.15 bits per heavy atom. The van der Waals surface area contributed by atoms with Crippen LogP contribution >= 0.6 is 0 Å². The minimum absolute atomic E-state index is 0.131. The lowest BCUT2D eigenvalue weighted by atomic mass is 9.97. The predicted molar refractivity (Wildman–Crippen MR) is 75.3 cm³/mol. The third-order valence-electron chi connectivity index (χ3n) is 4.04. The monoisotopic (exact) mass is 266 g/mol. The second-order valence-corrected chi connectivity index (χ2v) is 5.21. The van der Waals surface area contributed by atoms with Crippen LogP contribution in [0.3, 0.4) is 0 Å². The molecule has 2 aliphatic heterocycles. The molecule has 1 aliphatic carbocycles. The van der Waals surface area contributed by atoms with Gasteiger partial charge in [-0.3, -0.25) is 4.79 Å². The average Bonchev–Trinajstić information content (AvgIpc) is 2.66. The second-order valence-electron chi connectivity index (χ2n) is 5.21. The Kier molecular flexibility index (Phi) is 2.52. The Hall–Kier alpha value is -2.29. The molecule has 2 heterocycles. The van der Waals surface area contributed by atoms with Gasteiger partial charge in [-0.05, 0) is 35.8 Å². The van der Waals surface area contributed by atoms with E-state index in [4.69, 9.17) is 9.47 Å². The fourth-order valence-corrected chi connectivity index (χ4v) is 3.09. The predicted octanol–water partition coefficient (Wildman–Crippen LogP) is 1.34. The molecule has 1 aromatic rings. The molecule has 1 saturated heterocycles. The number of hydrogen-bond acceptors (Lipinski definition) is 3. The van der Waals surface area contributed by atoms with Gasteiger partial charge in [-0.15, -0.1) is 0 Å². The number of ether oxygens (including phenoxy) is 2. The molecule has 0 saturated carbocycles. The number of carbonyl (C=O) groups excluding carboxylic acids is 1. The molecule has 0 radical (unpaired) electrons. The highest BCUT2D eigenvalue weighted by Crippen LogP contribution is 2.26. The fraction of sp³-hybridized carbons (Fsp3) is 0.235. The van der Waals surface area contributed by atoms with Gasteiger partial charge in [-0.2, -0.15) is 0 Å². The summed E-state index contributed by atoms with van der Waals surface area (Å²) in [7, 11) is 0. The number of rotatable bonds is 0. The van der Waals surface area contributed by atoms with E-state index in [0.29, 0.717) is 13.0 Å². The normalized spacial score (nSPS) is 19.5. The van der Waals surface area contributed by atoms with E-state index in [-0.39, 0.29) is 5.97 Å². The molecule has 0 unspecified atom stereocenters. The van der Waals surface area contributed by atoms with E-state index in [0.717, 1.165) is 35.0 Å². The summed E-state index contributed by atoms with van der Waals surface area (Å²) in [6.45, 7) is 0.371. The van der Waals surface area contributed by atoms with E-state index < -0.39 is 0 Å².